The van der Waals surface area contributed by atoms with Gasteiger partial charge in [0, 0.05) is 24.0 Å². The van der Waals surface area contributed by atoms with Crippen LogP contribution in [0.15, 0.2) is 23.1 Å². The van der Waals surface area contributed by atoms with Gasteiger partial charge < -0.3 is 0 Å². The van der Waals surface area contributed by atoms with Crippen molar-refractivity contribution in [3.05, 3.63) is 28.8 Å². The van der Waals surface area contributed by atoms with E-state index in [9.17, 15) is 8.42 Å². The van der Waals surface area contributed by atoms with Gasteiger partial charge in [0.25, 0.3) is 0 Å². The van der Waals surface area contributed by atoms with Gasteiger partial charge in [-0.1, -0.05) is 25.4 Å². The number of sulfonamides is 1. The number of rotatable bonds is 3. The summed E-state index contributed by atoms with van der Waals surface area (Å²) in [4.78, 5) is 0.272. The number of halogens is 2. The molecule has 0 saturated carbocycles. The Bertz CT molecular complexity index is 564. The van der Waals surface area contributed by atoms with Crippen molar-refractivity contribution >= 4 is 33.2 Å². The minimum Gasteiger partial charge on any atom is -0.207 e. The average molecular weight is 322 g/mol. The Morgan fingerprint density at radius 2 is 1.84 bits per heavy atom. The lowest BCUT2D eigenvalue weighted by atomic mass is 10.0. The highest BCUT2D eigenvalue weighted by atomic mass is 35.5. The summed E-state index contributed by atoms with van der Waals surface area (Å²) in [7, 11) is -3.44. The third kappa shape index (κ3) is 2.92. The highest BCUT2D eigenvalue weighted by Gasteiger charge is 2.35. The van der Waals surface area contributed by atoms with E-state index in [1.54, 1.807) is 22.5 Å². The van der Waals surface area contributed by atoms with Crippen LogP contribution in [0.1, 0.15) is 19.4 Å². The second kappa shape index (κ2) is 5.60. The Hall–Kier alpha value is -0.290. The molecule has 1 aliphatic heterocycles. The van der Waals surface area contributed by atoms with Crippen LogP contribution in [-0.2, 0) is 15.9 Å². The van der Waals surface area contributed by atoms with Crippen molar-refractivity contribution in [2.75, 3.05) is 13.1 Å². The first kappa shape index (κ1) is 15.1. The van der Waals surface area contributed by atoms with Gasteiger partial charge in [0.05, 0.1) is 4.90 Å². The molecular weight excluding hydrogens is 305 g/mol. The highest BCUT2D eigenvalue weighted by molar-refractivity contribution is 7.89. The Morgan fingerprint density at radius 1 is 1.26 bits per heavy atom. The molecule has 1 aromatic carbocycles. The minimum absolute atomic E-state index is 0.203. The molecule has 0 aliphatic carbocycles. The SMILES string of the molecule is CC1CN(S(=O)(=O)c2ccc(Cl)c(CCl)c2)CC1C. The molecule has 0 N–H and O–H groups in total. The zero-order valence-electron chi connectivity index (χ0n) is 10.9. The summed E-state index contributed by atoms with van der Waals surface area (Å²) in [6, 6.07) is 4.70. The van der Waals surface area contributed by atoms with Gasteiger partial charge in [-0.15, -0.1) is 11.6 Å². The normalized spacial score (nSPS) is 24.8. The number of benzene rings is 1. The first-order chi connectivity index (χ1) is 8.86. The van der Waals surface area contributed by atoms with Crippen LogP contribution in [0.2, 0.25) is 5.02 Å². The molecule has 0 spiro atoms. The van der Waals surface area contributed by atoms with E-state index in [-0.39, 0.29) is 10.8 Å². The minimum atomic E-state index is -3.44. The second-order valence-corrected chi connectivity index (χ2v) is 7.78. The Morgan fingerprint density at radius 3 is 2.37 bits per heavy atom. The second-order valence-electron chi connectivity index (χ2n) is 5.16. The first-order valence-electron chi connectivity index (χ1n) is 6.20. The fourth-order valence-electron chi connectivity index (χ4n) is 2.24. The molecule has 2 unspecified atom stereocenters. The van der Waals surface area contributed by atoms with Gasteiger partial charge in [-0.3, -0.25) is 0 Å². The zero-order chi connectivity index (χ0) is 14.2. The zero-order valence-corrected chi connectivity index (χ0v) is 13.3. The van der Waals surface area contributed by atoms with Crippen molar-refractivity contribution in [1.82, 2.24) is 4.31 Å². The van der Waals surface area contributed by atoms with Gasteiger partial charge in [0.15, 0.2) is 0 Å². The largest absolute Gasteiger partial charge is 0.243 e. The monoisotopic (exact) mass is 321 g/mol. The number of hydrogen-bond acceptors (Lipinski definition) is 2. The number of hydrogen-bond donors (Lipinski definition) is 0. The lowest BCUT2D eigenvalue weighted by Crippen LogP contribution is -2.29. The van der Waals surface area contributed by atoms with E-state index in [1.165, 1.54) is 0 Å². The molecule has 0 amide bonds. The first-order valence-corrected chi connectivity index (χ1v) is 8.56. The predicted molar refractivity (Wildman–Crippen MR) is 78.1 cm³/mol. The smallest absolute Gasteiger partial charge is 0.207 e. The van der Waals surface area contributed by atoms with Crippen LogP contribution in [0, 0.1) is 11.8 Å². The molecule has 19 heavy (non-hydrogen) atoms. The van der Waals surface area contributed by atoms with Crippen molar-refractivity contribution in [3.8, 4) is 0 Å². The van der Waals surface area contributed by atoms with E-state index in [2.05, 4.69) is 13.8 Å². The molecule has 0 aromatic heterocycles. The molecule has 3 nitrogen and oxygen atoms in total. The van der Waals surface area contributed by atoms with Crippen LogP contribution in [-0.4, -0.2) is 25.8 Å². The van der Waals surface area contributed by atoms with Gasteiger partial charge in [-0.2, -0.15) is 4.31 Å². The number of alkyl halides is 1. The summed E-state index contributed by atoms with van der Waals surface area (Å²) in [6.45, 7) is 5.29. The van der Waals surface area contributed by atoms with E-state index in [1.807, 2.05) is 0 Å². The molecule has 106 valence electrons. The maximum atomic E-state index is 12.5. The van der Waals surface area contributed by atoms with E-state index < -0.39 is 10.0 Å². The molecule has 2 rings (SSSR count). The third-order valence-corrected chi connectivity index (χ3v) is 6.24. The standard InChI is InChI=1S/C13H17Cl2NO2S/c1-9-7-16(8-10(9)2)19(17,18)12-3-4-13(15)11(5-12)6-14/h3-5,9-10H,6-8H2,1-2H3. The molecule has 1 fully saturated rings. The van der Waals surface area contributed by atoms with Gasteiger partial charge >= 0.3 is 0 Å². The van der Waals surface area contributed by atoms with E-state index >= 15 is 0 Å². The van der Waals surface area contributed by atoms with Gasteiger partial charge in [-0.05, 0) is 35.6 Å². The van der Waals surface area contributed by atoms with Gasteiger partial charge in [-0.25, -0.2) is 8.42 Å². The molecule has 2 atom stereocenters. The molecule has 1 aromatic rings. The summed E-state index contributed by atoms with van der Waals surface area (Å²) >= 11 is 11.7. The third-order valence-electron chi connectivity index (χ3n) is 3.75. The quantitative estimate of drug-likeness (QED) is 0.800. The molecule has 1 aliphatic rings. The van der Waals surface area contributed by atoms with E-state index in [0.717, 1.165) is 0 Å². The Balaban J connectivity index is 2.35. The van der Waals surface area contributed by atoms with Crippen LogP contribution in [0.5, 0.6) is 0 Å². The van der Waals surface area contributed by atoms with Gasteiger partial charge in [0.2, 0.25) is 10.0 Å². The van der Waals surface area contributed by atoms with Crippen LogP contribution >= 0.6 is 23.2 Å². The fraction of sp³-hybridized carbons (Fsp3) is 0.538. The molecular formula is C13H17Cl2NO2S. The van der Waals surface area contributed by atoms with Crippen molar-refractivity contribution in [2.24, 2.45) is 11.8 Å². The Kier molecular flexibility index (Phi) is 4.45. The average Bonchev–Trinajstić information content (AvgIpc) is 2.70. The van der Waals surface area contributed by atoms with E-state index in [0.29, 0.717) is 35.5 Å². The summed E-state index contributed by atoms with van der Waals surface area (Å²) in [5.41, 5.74) is 0.643. The summed E-state index contributed by atoms with van der Waals surface area (Å²) in [5, 5.41) is 0.497. The number of nitrogens with zero attached hydrogens (tertiary/aromatic N) is 1. The highest BCUT2D eigenvalue weighted by Crippen LogP contribution is 2.30. The van der Waals surface area contributed by atoms with Crippen LogP contribution in [0.25, 0.3) is 0 Å². The van der Waals surface area contributed by atoms with Crippen molar-refractivity contribution in [2.45, 2.75) is 24.6 Å². The van der Waals surface area contributed by atoms with Crippen LogP contribution < -0.4 is 0 Å². The summed E-state index contributed by atoms with van der Waals surface area (Å²) in [5.74, 6) is 0.971. The van der Waals surface area contributed by atoms with Crippen molar-refractivity contribution < 1.29 is 8.42 Å². The van der Waals surface area contributed by atoms with Crippen LogP contribution in [0.4, 0.5) is 0 Å². The topological polar surface area (TPSA) is 37.4 Å². The molecule has 6 heteroatoms. The molecule has 1 heterocycles. The lowest BCUT2D eigenvalue weighted by molar-refractivity contribution is 0.463. The maximum absolute atomic E-state index is 12.5. The maximum Gasteiger partial charge on any atom is 0.243 e. The van der Waals surface area contributed by atoms with Crippen molar-refractivity contribution in [3.63, 3.8) is 0 Å². The molecule has 0 radical (unpaired) electrons. The molecule has 0 bridgehead atoms. The van der Waals surface area contributed by atoms with E-state index in [4.69, 9.17) is 23.2 Å². The fourth-order valence-corrected chi connectivity index (χ4v) is 4.40. The lowest BCUT2D eigenvalue weighted by Gasteiger charge is -2.17. The van der Waals surface area contributed by atoms with Crippen molar-refractivity contribution in [1.29, 1.82) is 0 Å². The molecule has 1 saturated heterocycles. The summed E-state index contributed by atoms with van der Waals surface area (Å²) < 4.78 is 26.6. The predicted octanol–water partition coefficient (Wildman–Crippen LogP) is 3.36. The Labute approximate surface area is 124 Å². The van der Waals surface area contributed by atoms with Gasteiger partial charge in [0.1, 0.15) is 0 Å². The van der Waals surface area contributed by atoms with Crippen LogP contribution in [0.3, 0.4) is 0 Å². The summed E-state index contributed by atoms with van der Waals surface area (Å²) in [6.07, 6.45) is 0.